The van der Waals surface area contributed by atoms with Crippen LogP contribution in [0.1, 0.15) is 29.5 Å². The number of ether oxygens (including phenoxy) is 3. The van der Waals surface area contributed by atoms with Crippen LogP contribution in [0.5, 0.6) is 17.2 Å². The minimum atomic E-state index is -0.137. The molecule has 0 unspecified atom stereocenters. The van der Waals surface area contributed by atoms with Gasteiger partial charge in [-0.25, -0.2) is 0 Å². The summed E-state index contributed by atoms with van der Waals surface area (Å²) in [7, 11) is 7.05. The molecule has 0 spiro atoms. The first kappa shape index (κ1) is 31.6. The number of nitrogens with zero attached hydrogens (tertiary/aromatic N) is 1. The largest absolute Gasteiger partial charge is 0.497 e. The topological polar surface area (TPSA) is 92.9 Å². The SMILES string of the molecule is COc1ccc2[nH]c3c(CC(=O)Nc4ccc(CCCCN(C)CCc5ccc(OC)c(OC)c5)cc4)cccc3c(=O)c2c1. The van der Waals surface area contributed by atoms with E-state index in [2.05, 4.69) is 40.4 Å². The number of pyridine rings is 1. The summed E-state index contributed by atoms with van der Waals surface area (Å²) in [6.45, 7) is 2.01. The van der Waals surface area contributed by atoms with E-state index in [1.807, 2.05) is 48.5 Å². The second kappa shape index (κ2) is 14.8. The average Bonchev–Trinajstić information content (AvgIpc) is 3.06. The Morgan fingerprint density at radius 1 is 0.778 bits per heavy atom. The van der Waals surface area contributed by atoms with Gasteiger partial charge in [0.25, 0.3) is 0 Å². The molecular formula is C37H41N3O5. The van der Waals surface area contributed by atoms with Crippen molar-refractivity contribution in [2.45, 2.75) is 32.1 Å². The van der Waals surface area contributed by atoms with Gasteiger partial charge in [0.15, 0.2) is 16.9 Å². The van der Waals surface area contributed by atoms with Crippen molar-refractivity contribution >= 4 is 33.4 Å². The van der Waals surface area contributed by atoms with E-state index in [0.29, 0.717) is 27.6 Å². The Kier molecular flexibility index (Phi) is 10.4. The summed E-state index contributed by atoms with van der Waals surface area (Å²) in [5.41, 5.74) is 5.30. The standard InChI is InChI=1S/C37H41N3O5/c1-40(21-19-26-13-18-33(44-3)34(22-26)45-4)20-6-5-8-25-11-14-28(15-12-25)38-35(41)23-27-9-7-10-30-36(27)39-32-17-16-29(43-2)24-31(32)37(30)42/h7,9-18,22,24H,5-6,8,19-21,23H2,1-4H3,(H,38,41)(H,39,42). The Labute approximate surface area is 263 Å². The zero-order chi connectivity index (χ0) is 31.8. The number of para-hydroxylation sites is 1. The molecule has 0 bridgehead atoms. The van der Waals surface area contributed by atoms with Crippen LogP contribution in [-0.4, -0.2) is 57.3 Å². The number of benzene rings is 4. The lowest BCUT2D eigenvalue weighted by atomic mass is 10.0. The maximum absolute atomic E-state index is 13.2. The number of fused-ring (bicyclic) bond motifs is 2. The van der Waals surface area contributed by atoms with Crippen molar-refractivity contribution < 1.29 is 19.0 Å². The minimum absolute atomic E-state index is 0.0863. The molecule has 5 aromatic rings. The van der Waals surface area contributed by atoms with E-state index in [4.69, 9.17) is 14.2 Å². The molecule has 0 atom stereocenters. The normalized spacial score (nSPS) is 11.2. The van der Waals surface area contributed by atoms with Crippen LogP contribution in [0.3, 0.4) is 0 Å². The van der Waals surface area contributed by atoms with Gasteiger partial charge in [0.05, 0.1) is 38.8 Å². The minimum Gasteiger partial charge on any atom is -0.497 e. The molecule has 0 radical (unpaired) electrons. The molecule has 5 rings (SSSR count). The van der Waals surface area contributed by atoms with E-state index >= 15 is 0 Å². The van der Waals surface area contributed by atoms with Gasteiger partial charge in [-0.1, -0.05) is 30.3 Å². The quantitative estimate of drug-likeness (QED) is 0.112. The van der Waals surface area contributed by atoms with Crippen molar-refractivity contribution in [1.29, 1.82) is 0 Å². The summed E-state index contributed by atoms with van der Waals surface area (Å²) in [5.74, 6) is 2.00. The van der Waals surface area contributed by atoms with Crippen LogP contribution in [0, 0.1) is 0 Å². The summed E-state index contributed by atoms with van der Waals surface area (Å²) in [6, 6.07) is 25.0. The molecule has 8 heteroatoms. The summed E-state index contributed by atoms with van der Waals surface area (Å²) in [6.07, 6.45) is 4.29. The van der Waals surface area contributed by atoms with E-state index in [9.17, 15) is 9.59 Å². The number of aromatic amines is 1. The van der Waals surface area contributed by atoms with Gasteiger partial charge in [-0.3, -0.25) is 9.59 Å². The number of likely N-dealkylation sites (N-methyl/N-ethyl adjacent to an activating group) is 1. The maximum atomic E-state index is 13.2. The molecule has 1 aromatic heterocycles. The van der Waals surface area contributed by atoms with E-state index in [1.165, 1.54) is 11.1 Å². The van der Waals surface area contributed by atoms with Crippen LogP contribution in [-0.2, 0) is 24.1 Å². The molecule has 8 nitrogen and oxygen atoms in total. The molecule has 2 N–H and O–H groups in total. The number of rotatable bonds is 14. The first-order valence-electron chi connectivity index (χ1n) is 15.3. The molecule has 0 fully saturated rings. The molecule has 45 heavy (non-hydrogen) atoms. The van der Waals surface area contributed by atoms with E-state index in [0.717, 1.165) is 61.5 Å². The van der Waals surface area contributed by atoms with Crippen LogP contribution in [0.2, 0.25) is 0 Å². The van der Waals surface area contributed by atoms with Crippen molar-refractivity contribution in [1.82, 2.24) is 9.88 Å². The lowest BCUT2D eigenvalue weighted by Gasteiger charge is -2.17. The first-order chi connectivity index (χ1) is 21.9. The number of hydrogen-bond donors (Lipinski definition) is 2. The van der Waals surface area contributed by atoms with Crippen molar-refractivity contribution in [3.63, 3.8) is 0 Å². The number of aryl methyl sites for hydroxylation is 1. The number of aromatic nitrogens is 1. The number of nitrogens with one attached hydrogen (secondary N) is 2. The molecule has 1 amide bonds. The first-order valence-corrected chi connectivity index (χ1v) is 15.3. The monoisotopic (exact) mass is 607 g/mol. The van der Waals surface area contributed by atoms with Crippen LogP contribution in [0.25, 0.3) is 21.8 Å². The van der Waals surface area contributed by atoms with Gasteiger partial charge < -0.3 is 29.4 Å². The van der Waals surface area contributed by atoms with Crippen LogP contribution in [0.15, 0.2) is 83.7 Å². The third kappa shape index (κ3) is 7.83. The van der Waals surface area contributed by atoms with Crippen LogP contribution >= 0.6 is 0 Å². The zero-order valence-electron chi connectivity index (χ0n) is 26.4. The van der Waals surface area contributed by atoms with Crippen molar-refractivity contribution in [2.75, 3.05) is 46.8 Å². The molecular weight excluding hydrogens is 566 g/mol. The van der Waals surface area contributed by atoms with Crippen molar-refractivity contribution in [3.8, 4) is 17.2 Å². The highest BCUT2D eigenvalue weighted by Crippen LogP contribution is 2.28. The van der Waals surface area contributed by atoms with Gasteiger partial charge in [0.1, 0.15) is 5.75 Å². The zero-order valence-corrected chi connectivity index (χ0v) is 26.4. The molecule has 4 aromatic carbocycles. The Morgan fingerprint density at radius 3 is 2.31 bits per heavy atom. The van der Waals surface area contributed by atoms with Crippen molar-refractivity contribution in [2.24, 2.45) is 0 Å². The highest BCUT2D eigenvalue weighted by molar-refractivity contribution is 5.98. The number of carbonyl (C=O) groups is 1. The highest BCUT2D eigenvalue weighted by atomic mass is 16.5. The second-order valence-corrected chi connectivity index (χ2v) is 11.3. The smallest absolute Gasteiger partial charge is 0.228 e. The fraction of sp³-hybridized carbons (Fsp3) is 0.297. The highest BCUT2D eigenvalue weighted by Gasteiger charge is 2.13. The summed E-state index contributed by atoms with van der Waals surface area (Å²) < 4.78 is 16.0. The van der Waals surface area contributed by atoms with E-state index in [-0.39, 0.29) is 17.8 Å². The number of anilines is 1. The molecule has 234 valence electrons. The Balaban J connectivity index is 1.09. The van der Waals surface area contributed by atoms with Gasteiger partial charge in [0.2, 0.25) is 5.91 Å². The number of amides is 1. The predicted octanol–water partition coefficient (Wildman–Crippen LogP) is 6.39. The molecule has 1 heterocycles. The lowest BCUT2D eigenvalue weighted by Crippen LogP contribution is -2.22. The average molecular weight is 608 g/mol. The maximum Gasteiger partial charge on any atom is 0.228 e. The molecule has 0 saturated heterocycles. The van der Waals surface area contributed by atoms with Gasteiger partial charge in [0, 0.05) is 23.0 Å². The lowest BCUT2D eigenvalue weighted by molar-refractivity contribution is -0.115. The molecule has 0 aliphatic rings. The summed E-state index contributed by atoms with van der Waals surface area (Å²) in [5, 5.41) is 4.11. The van der Waals surface area contributed by atoms with Gasteiger partial charge in [-0.2, -0.15) is 0 Å². The fourth-order valence-electron chi connectivity index (χ4n) is 5.62. The van der Waals surface area contributed by atoms with E-state index in [1.54, 1.807) is 33.5 Å². The van der Waals surface area contributed by atoms with Gasteiger partial charge in [-0.05, 0) is 104 Å². The van der Waals surface area contributed by atoms with Crippen LogP contribution in [0.4, 0.5) is 5.69 Å². The molecule has 0 aliphatic carbocycles. The third-order valence-corrected chi connectivity index (χ3v) is 8.20. The van der Waals surface area contributed by atoms with Gasteiger partial charge in [-0.15, -0.1) is 0 Å². The summed E-state index contributed by atoms with van der Waals surface area (Å²) >= 11 is 0. The second-order valence-electron chi connectivity index (χ2n) is 11.3. The predicted molar refractivity (Wildman–Crippen MR) is 181 cm³/mol. The molecule has 0 aliphatic heterocycles. The summed E-state index contributed by atoms with van der Waals surface area (Å²) in [4.78, 5) is 31.9. The Morgan fingerprint density at radius 2 is 1.56 bits per heavy atom. The van der Waals surface area contributed by atoms with E-state index < -0.39 is 0 Å². The number of unbranched alkanes of at least 4 members (excludes halogenated alkanes) is 1. The van der Waals surface area contributed by atoms with Crippen LogP contribution < -0.4 is 25.0 Å². The number of hydrogen-bond acceptors (Lipinski definition) is 6. The number of carbonyl (C=O) groups excluding carboxylic acids is 1. The Hall–Kier alpha value is -4.82. The van der Waals surface area contributed by atoms with Crippen molar-refractivity contribution in [3.05, 3.63) is 106 Å². The number of H-pyrrole nitrogens is 1. The Bertz CT molecular complexity index is 1830. The van der Waals surface area contributed by atoms with Gasteiger partial charge >= 0.3 is 0 Å². The fourth-order valence-corrected chi connectivity index (χ4v) is 5.62. The number of methoxy groups -OCH3 is 3. The molecule has 0 saturated carbocycles. The third-order valence-electron chi connectivity index (χ3n) is 8.20.